The first-order valence-corrected chi connectivity index (χ1v) is 9.42. The van der Waals surface area contributed by atoms with Gasteiger partial charge in [-0.3, -0.25) is 19.2 Å². The molecular weight excluding hydrogens is 420 g/mol. The molecule has 0 aromatic carbocycles. The van der Waals surface area contributed by atoms with Crippen LogP contribution in [0.15, 0.2) is 0 Å². The van der Waals surface area contributed by atoms with Crippen molar-refractivity contribution in [1.29, 1.82) is 0 Å². The van der Waals surface area contributed by atoms with Gasteiger partial charge in [0, 0.05) is 25.7 Å². The molecule has 13 heteroatoms. The topological polar surface area (TPSA) is 230 Å². The Kier molecular flexibility index (Phi) is 13.2. The maximum Gasteiger partial charge on any atom is 0.382 e. The molecular formula is C18H26N2O11. The molecule has 13 nitrogen and oxygen atoms in total. The zero-order valence-electron chi connectivity index (χ0n) is 16.7. The van der Waals surface area contributed by atoms with Gasteiger partial charge in [0.25, 0.3) is 0 Å². The lowest BCUT2D eigenvalue weighted by Gasteiger charge is -2.10. The molecule has 0 aromatic heterocycles. The summed E-state index contributed by atoms with van der Waals surface area (Å²) in [6.45, 7) is 0. The Labute approximate surface area is 177 Å². The SMILES string of the molecule is NC(CCCC(=O)O)C(=O)OC(=O)CCCC(=O)C(=O)OC(=O)C(N)CCCC(=O)O. The summed E-state index contributed by atoms with van der Waals surface area (Å²) in [5.74, 6) is -7.90. The minimum Gasteiger partial charge on any atom is -0.481 e. The van der Waals surface area contributed by atoms with Crippen LogP contribution in [0.5, 0.6) is 0 Å². The number of carbonyl (C=O) groups excluding carboxylic acids is 5. The molecule has 0 saturated carbocycles. The number of hydrogen-bond donors (Lipinski definition) is 4. The summed E-state index contributed by atoms with van der Waals surface area (Å²) >= 11 is 0. The van der Waals surface area contributed by atoms with Gasteiger partial charge >= 0.3 is 35.8 Å². The number of ketones is 1. The largest absolute Gasteiger partial charge is 0.481 e. The Balaban J connectivity index is 4.17. The maximum absolute atomic E-state index is 11.7. The van der Waals surface area contributed by atoms with E-state index in [0.717, 1.165) is 0 Å². The van der Waals surface area contributed by atoms with Crippen LogP contribution in [0.3, 0.4) is 0 Å². The van der Waals surface area contributed by atoms with Crippen LogP contribution in [-0.2, 0) is 43.0 Å². The van der Waals surface area contributed by atoms with Crippen LogP contribution < -0.4 is 11.5 Å². The first kappa shape index (κ1) is 27.8. The number of carbonyl (C=O) groups is 7. The highest BCUT2D eigenvalue weighted by atomic mass is 16.6. The molecule has 0 spiro atoms. The number of Topliss-reactive ketones (excluding diaryl/α,β-unsaturated/α-hetero) is 1. The monoisotopic (exact) mass is 446 g/mol. The molecule has 2 unspecified atom stereocenters. The lowest BCUT2D eigenvalue weighted by atomic mass is 10.1. The van der Waals surface area contributed by atoms with Gasteiger partial charge < -0.3 is 31.2 Å². The van der Waals surface area contributed by atoms with E-state index in [1.165, 1.54) is 0 Å². The van der Waals surface area contributed by atoms with Crippen molar-refractivity contribution in [2.24, 2.45) is 11.5 Å². The fourth-order valence-corrected chi connectivity index (χ4v) is 2.14. The third-order valence-electron chi connectivity index (χ3n) is 3.84. The second-order valence-corrected chi connectivity index (χ2v) is 6.56. The molecule has 0 aliphatic rings. The Morgan fingerprint density at radius 2 is 1.10 bits per heavy atom. The molecule has 174 valence electrons. The normalized spacial score (nSPS) is 12.3. The highest BCUT2D eigenvalue weighted by Crippen LogP contribution is 2.06. The minimum absolute atomic E-state index is 0.00914. The number of hydrogen-bond acceptors (Lipinski definition) is 11. The van der Waals surface area contributed by atoms with Crippen LogP contribution >= 0.6 is 0 Å². The number of ether oxygens (including phenoxy) is 2. The smallest absolute Gasteiger partial charge is 0.382 e. The van der Waals surface area contributed by atoms with Gasteiger partial charge in [-0.15, -0.1) is 0 Å². The van der Waals surface area contributed by atoms with Crippen molar-refractivity contribution >= 4 is 41.6 Å². The molecule has 0 aliphatic heterocycles. The number of carboxylic acid groups (broad SMARTS) is 2. The van der Waals surface area contributed by atoms with Gasteiger partial charge in [-0.05, 0) is 32.1 Å². The molecule has 6 N–H and O–H groups in total. The van der Waals surface area contributed by atoms with E-state index in [4.69, 9.17) is 21.7 Å². The molecule has 0 aliphatic carbocycles. The van der Waals surface area contributed by atoms with E-state index in [0.29, 0.717) is 0 Å². The number of rotatable bonds is 15. The highest BCUT2D eigenvalue weighted by molar-refractivity contribution is 6.35. The van der Waals surface area contributed by atoms with Crippen LogP contribution in [0.1, 0.15) is 57.8 Å². The lowest BCUT2D eigenvalue weighted by Crippen LogP contribution is -2.35. The highest BCUT2D eigenvalue weighted by Gasteiger charge is 2.24. The van der Waals surface area contributed by atoms with Gasteiger partial charge in [0.1, 0.15) is 12.1 Å². The van der Waals surface area contributed by atoms with Gasteiger partial charge in [0.15, 0.2) is 0 Å². The summed E-state index contributed by atoms with van der Waals surface area (Å²) in [6, 6.07) is -2.44. The summed E-state index contributed by atoms with van der Waals surface area (Å²) in [6.07, 6.45) is -1.28. The van der Waals surface area contributed by atoms with Crippen LogP contribution in [0.25, 0.3) is 0 Å². The molecule has 0 fully saturated rings. The first-order chi connectivity index (χ1) is 14.4. The summed E-state index contributed by atoms with van der Waals surface area (Å²) in [4.78, 5) is 78.8. The standard InChI is InChI=1S/C18H26N2O11/c19-10(4-1-7-13(22)23)16(27)30-15(26)9-3-6-12(21)18(29)31-17(28)11(20)5-2-8-14(24)25/h10-11H,1-9,19-20H2,(H,22,23)(H,24,25). The molecule has 0 bridgehead atoms. The fourth-order valence-electron chi connectivity index (χ4n) is 2.14. The van der Waals surface area contributed by atoms with Gasteiger partial charge in [-0.25, -0.2) is 14.4 Å². The predicted octanol–water partition coefficient (Wildman–Crippen LogP) is -0.970. The number of esters is 4. The van der Waals surface area contributed by atoms with E-state index in [1.807, 2.05) is 0 Å². The van der Waals surface area contributed by atoms with E-state index in [-0.39, 0.29) is 44.9 Å². The molecule has 0 saturated heterocycles. The molecule has 31 heavy (non-hydrogen) atoms. The Bertz CT molecular complexity index is 705. The van der Waals surface area contributed by atoms with Gasteiger partial charge in [0.2, 0.25) is 5.78 Å². The molecule has 0 amide bonds. The maximum atomic E-state index is 11.7. The summed E-state index contributed by atoms with van der Waals surface area (Å²) in [7, 11) is 0. The van der Waals surface area contributed by atoms with Crippen molar-refractivity contribution < 1.29 is 53.2 Å². The van der Waals surface area contributed by atoms with Crippen molar-refractivity contribution in [3.05, 3.63) is 0 Å². The average Bonchev–Trinajstić information content (AvgIpc) is 2.66. The van der Waals surface area contributed by atoms with Gasteiger partial charge in [0.05, 0.1) is 0 Å². The van der Waals surface area contributed by atoms with E-state index >= 15 is 0 Å². The van der Waals surface area contributed by atoms with Crippen molar-refractivity contribution in [3.63, 3.8) is 0 Å². The van der Waals surface area contributed by atoms with E-state index in [9.17, 15) is 33.6 Å². The zero-order valence-corrected chi connectivity index (χ0v) is 16.7. The van der Waals surface area contributed by atoms with E-state index in [2.05, 4.69) is 9.47 Å². The summed E-state index contributed by atoms with van der Waals surface area (Å²) < 4.78 is 8.78. The number of carboxylic acids is 2. The van der Waals surface area contributed by atoms with Crippen LogP contribution in [0.4, 0.5) is 0 Å². The number of aliphatic carboxylic acids is 2. The fraction of sp³-hybridized carbons (Fsp3) is 0.611. The van der Waals surface area contributed by atoms with Crippen molar-refractivity contribution in [2.45, 2.75) is 69.9 Å². The second-order valence-electron chi connectivity index (χ2n) is 6.56. The van der Waals surface area contributed by atoms with E-state index < -0.39 is 66.5 Å². The van der Waals surface area contributed by atoms with Crippen molar-refractivity contribution in [1.82, 2.24) is 0 Å². The summed E-state index contributed by atoms with van der Waals surface area (Å²) in [5, 5.41) is 17.0. The van der Waals surface area contributed by atoms with Crippen molar-refractivity contribution in [2.75, 3.05) is 0 Å². The Morgan fingerprint density at radius 3 is 1.55 bits per heavy atom. The summed E-state index contributed by atoms with van der Waals surface area (Å²) in [5.41, 5.74) is 10.9. The Morgan fingerprint density at radius 1 is 0.645 bits per heavy atom. The van der Waals surface area contributed by atoms with Crippen LogP contribution in [0, 0.1) is 0 Å². The number of nitrogens with two attached hydrogens (primary N) is 2. The third kappa shape index (κ3) is 13.6. The quantitative estimate of drug-likeness (QED) is 0.135. The third-order valence-corrected chi connectivity index (χ3v) is 3.84. The lowest BCUT2D eigenvalue weighted by molar-refractivity contribution is -0.166. The van der Waals surface area contributed by atoms with Gasteiger partial charge in [-0.1, -0.05) is 0 Å². The first-order valence-electron chi connectivity index (χ1n) is 9.42. The van der Waals surface area contributed by atoms with Crippen LogP contribution in [0.2, 0.25) is 0 Å². The molecule has 0 aromatic rings. The zero-order chi connectivity index (χ0) is 24.0. The predicted molar refractivity (Wildman–Crippen MR) is 100.0 cm³/mol. The Hall–Kier alpha value is -3.19. The van der Waals surface area contributed by atoms with E-state index in [1.54, 1.807) is 0 Å². The molecule has 2 atom stereocenters. The molecule has 0 radical (unpaired) electrons. The molecule has 0 heterocycles. The van der Waals surface area contributed by atoms with Crippen LogP contribution in [-0.4, -0.2) is 63.9 Å². The second kappa shape index (κ2) is 14.7. The van der Waals surface area contributed by atoms with Gasteiger partial charge in [-0.2, -0.15) is 0 Å². The minimum atomic E-state index is -1.47. The average molecular weight is 446 g/mol. The molecule has 0 rings (SSSR count). The van der Waals surface area contributed by atoms with Crippen molar-refractivity contribution in [3.8, 4) is 0 Å².